The van der Waals surface area contributed by atoms with E-state index >= 15 is 0 Å². The molecule has 1 aromatic heterocycles. The molecule has 0 amide bonds. The SMILES string of the molecule is Cc1nc(COC2CCC(N)CC2)cs1. The summed E-state index contributed by atoms with van der Waals surface area (Å²) in [6, 6.07) is 0.395. The summed E-state index contributed by atoms with van der Waals surface area (Å²) in [5.74, 6) is 0. The largest absolute Gasteiger partial charge is 0.372 e. The van der Waals surface area contributed by atoms with Crippen molar-refractivity contribution >= 4 is 11.3 Å². The molecule has 15 heavy (non-hydrogen) atoms. The molecule has 0 unspecified atom stereocenters. The van der Waals surface area contributed by atoms with Crippen LogP contribution in [0, 0.1) is 6.92 Å². The minimum atomic E-state index is 0.395. The number of ether oxygens (including phenoxy) is 1. The average Bonchev–Trinajstić information content (AvgIpc) is 2.64. The topological polar surface area (TPSA) is 48.1 Å². The Morgan fingerprint density at radius 2 is 2.20 bits per heavy atom. The molecule has 0 aliphatic heterocycles. The molecule has 84 valence electrons. The van der Waals surface area contributed by atoms with Crippen molar-refractivity contribution < 1.29 is 4.74 Å². The van der Waals surface area contributed by atoms with Crippen molar-refractivity contribution in [3.63, 3.8) is 0 Å². The second-order valence-electron chi connectivity index (χ2n) is 4.21. The van der Waals surface area contributed by atoms with Crippen molar-refractivity contribution in [3.8, 4) is 0 Å². The molecule has 2 rings (SSSR count). The van der Waals surface area contributed by atoms with Crippen LogP contribution in [0.1, 0.15) is 36.4 Å². The fourth-order valence-electron chi connectivity index (χ4n) is 1.93. The second kappa shape index (κ2) is 5.05. The van der Waals surface area contributed by atoms with E-state index in [0.717, 1.165) is 36.4 Å². The predicted molar refractivity (Wildman–Crippen MR) is 61.9 cm³/mol. The summed E-state index contributed by atoms with van der Waals surface area (Å²) in [6.45, 7) is 2.68. The van der Waals surface area contributed by atoms with Gasteiger partial charge in [-0.2, -0.15) is 0 Å². The van der Waals surface area contributed by atoms with Gasteiger partial charge in [0.1, 0.15) is 0 Å². The predicted octanol–water partition coefficient (Wildman–Crippen LogP) is 2.24. The summed E-state index contributed by atoms with van der Waals surface area (Å²) >= 11 is 1.68. The number of rotatable bonds is 3. The zero-order valence-corrected chi connectivity index (χ0v) is 9.93. The van der Waals surface area contributed by atoms with Crippen LogP contribution >= 0.6 is 11.3 Å². The molecule has 3 nitrogen and oxygen atoms in total. The van der Waals surface area contributed by atoms with Gasteiger partial charge in [0.15, 0.2) is 0 Å². The molecule has 0 bridgehead atoms. The van der Waals surface area contributed by atoms with E-state index in [-0.39, 0.29) is 0 Å². The van der Waals surface area contributed by atoms with Crippen LogP contribution in [-0.4, -0.2) is 17.1 Å². The van der Waals surface area contributed by atoms with Crippen LogP contribution < -0.4 is 5.73 Å². The highest BCUT2D eigenvalue weighted by Gasteiger charge is 2.18. The molecular formula is C11H18N2OS. The number of aromatic nitrogens is 1. The highest BCUT2D eigenvalue weighted by Crippen LogP contribution is 2.21. The van der Waals surface area contributed by atoms with E-state index in [4.69, 9.17) is 10.5 Å². The van der Waals surface area contributed by atoms with Crippen molar-refractivity contribution in [2.45, 2.75) is 51.4 Å². The van der Waals surface area contributed by atoms with Crippen molar-refractivity contribution in [2.75, 3.05) is 0 Å². The van der Waals surface area contributed by atoms with E-state index in [1.54, 1.807) is 11.3 Å². The lowest BCUT2D eigenvalue weighted by Crippen LogP contribution is -2.30. The molecule has 1 aliphatic rings. The van der Waals surface area contributed by atoms with E-state index < -0.39 is 0 Å². The monoisotopic (exact) mass is 226 g/mol. The molecule has 0 aromatic carbocycles. The maximum Gasteiger partial charge on any atom is 0.0900 e. The summed E-state index contributed by atoms with van der Waals surface area (Å²) in [5.41, 5.74) is 6.90. The van der Waals surface area contributed by atoms with Gasteiger partial charge in [0.2, 0.25) is 0 Å². The van der Waals surface area contributed by atoms with Crippen molar-refractivity contribution in [2.24, 2.45) is 5.73 Å². The lowest BCUT2D eigenvalue weighted by molar-refractivity contribution is 0.0124. The first-order valence-electron chi connectivity index (χ1n) is 5.52. The molecule has 0 atom stereocenters. The smallest absolute Gasteiger partial charge is 0.0900 e. The Balaban J connectivity index is 1.74. The Labute approximate surface area is 94.7 Å². The van der Waals surface area contributed by atoms with Crippen LogP contribution in [0.15, 0.2) is 5.38 Å². The lowest BCUT2D eigenvalue weighted by Gasteiger charge is -2.25. The number of aryl methyl sites for hydroxylation is 1. The first-order valence-corrected chi connectivity index (χ1v) is 6.40. The third-order valence-corrected chi connectivity index (χ3v) is 3.67. The molecule has 1 heterocycles. The Kier molecular flexibility index (Phi) is 3.72. The third-order valence-electron chi connectivity index (χ3n) is 2.85. The van der Waals surface area contributed by atoms with Gasteiger partial charge in [0.05, 0.1) is 23.4 Å². The Hall–Kier alpha value is -0.450. The van der Waals surface area contributed by atoms with Gasteiger partial charge in [-0.3, -0.25) is 0 Å². The lowest BCUT2D eigenvalue weighted by atomic mass is 9.94. The van der Waals surface area contributed by atoms with Crippen molar-refractivity contribution in [1.82, 2.24) is 4.98 Å². The van der Waals surface area contributed by atoms with Gasteiger partial charge in [0.25, 0.3) is 0 Å². The van der Waals surface area contributed by atoms with Gasteiger partial charge in [-0.1, -0.05) is 0 Å². The van der Waals surface area contributed by atoms with Crippen molar-refractivity contribution in [3.05, 3.63) is 16.1 Å². The van der Waals surface area contributed by atoms with E-state index in [1.807, 2.05) is 6.92 Å². The molecule has 0 saturated heterocycles. The first-order chi connectivity index (χ1) is 7.24. The third kappa shape index (κ3) is 3.26. The van der Waals surface area contributed by atoms with E-state index in [9.17, 15) is 0 Å². The number of thiazole rings is 1. The fourth-order valence-corrected chi connectivity index (χ4v) is 2.53. The zero-order valence-electron chi connectivity index (χ0n) is 9.11. The molecular weight excluding hydrogens is 208 g/mol. The van der Waals surface area contributed by atoms with Gasteiger partial charge in [0, 0.05) is 11.4 Å². The van der Waals surface area contributed by atoms with Crippen LogP contribution in [0.3, 0.4) is 0 Å². The van der Waals surface area contributed by atoms with E-state index in [1.165, 1.54) is 0 Å². The Morgan fingerprint density at radius 1 is 1.47 bits per heavy atom. The summed E-state index contributed by atoms with van der Waals surface area (Å²) < 4.78 is 5.82. The zero-order chi connectivity index (χ0) is 10.7. The first kappa shape index (κ1) is 11.0. The quantitative estimate of drug-likeness (QED) is 0.860. The van der Waals surface area contributed by atoms with E-state index in [2.05, 4.69) is 10.4 Å². The van der Waals surface area contributed by atoms with Crippen LogP contribution in [0.2, 0.25) is 0 Å². The number of nitrogens with two attached hydrogens (primary N) is 1. The van der Waals surface area contributed by atoms with E-state index in [0.29, 0.717) is 18.8 Å². The summed E-state index contributed by atoms with van der Waals surface area (Å²) in [7, 11) is 0. The Bertz CT molecular complexity index is 305. The maximum atomic E-state index is 5.84. The summed E-state index contributed by atoms with van der Waals surface area (Å²) in [5, 5.41) is 3.18. The van der Waals surface area contributed by atoms with Crippen LogP contribution in [0.5, 0.6) is 0 Å². The summed E-state index contributed by atoms with van der Waals surface area (Å²) in [4.78, 5) is 4.38. The molecule has 1 aromatic rings. The van der Waals surface area contributed by atoms with Crippen LogP contribution in [0.4, 0.5) is 0 Å². The van der Waals surface area contributed by atoms with Gasteiger partial charge < -0.3 is 10.5 Å². The van der Waals surface area contributed by atoms with Crippen molar-refractivity contribution in [1.29, 1.82) is 0 Å². The highest BCUT2D eigenvalue weighted by atomic mass is 32.1. The highest BCUT2D eigenvalue weighted by molar-refractivity contribution is 7.09. The molecule has 2 N–H and O–H groups in total. The minimum absolute atomic E-state index is 0.395. The average molecular weight is 226 g/mol. The van der Waals surface area contributed by atoms with Gasteiger partial charge >= 0.3 is 0 Å². The molecule has 1 aliphatic carbocycles. The number of nitrogens with zero attached hydrogens (tertiary/aromatic N) is 1. The number of hydrogen-bond acceptors (Lipinski definition) is 4. The Morgan fingerprint density at radius 3 is 2.80 bits per heavy atom. The minimum Gasteiger partial charge on any atom is -0.372 e. The fraction of sp³-hybridized carbons (Fsp3) is 0.727. The molecule has 4 heteroatoms. The second-order valence-corrected chi connectivity index (χ2v) is 5.27. The van der Waals surface area contributed by atoms with Gasteiger partial charge in [-0.15, -0.1) is 11.3 Å². The number of hydrogen-bond donors (Lipinski definition) is 1. The van der Waals surface area contributed by atoms with Crippen LogP contribution in [0.25, 0.3) is 0 Å². The summed E-state index contributed by atoms with van der Waals surface area (Å²) in [6.07, 6.45) is 4.79. The standard InChI is InChI=1S/C11H18N2OS/c1-8-13-10(7-15-8)6-14-11-4-2-9(12)3-5-11/h7,9,11H,2-6,12H2,1H3. The maximum absolute atomic E-state index is 5.84. The normalized spacial score (nSPS) is 26.8. The van der Waals surface area contributed by atoms with Crippen LogP contribution in [-0.2, 0) is 11.3 Å². The molecule has 1 saturated carbocycles. The van der Waals surface area contributed by atoms with Gasteiger partial charge in [-0.05, 0) is 32.6 Å². The molecule has 0 radical (unpaired) electrons. The molecule has 0 spiro atoms. The van der Waals surface area contributed by atoms with Gasteiger partial charge in [-0.25, -0.2) is 4.98 Å². The molecule has 1 fully saturated rings.